The first-order valence-electron chi connectivity index (χ1n) is 7.77. The fourth-order valence-corrected chi connectivity index (χ4v) is 3.49. The Labute approximate surface area is 159 Å². The Balaban J connectivity index is 1.79. The second kappa shape index (κ2) is 7.88. The summed E-state index contributed by atoms with van der Waals surface area (Å²) in [6, 6.07) is 12.7. The predicted molar refractivity (Wildman–Crippen MR) is 102 cm³/mol. The Hall–Kier alpha value is -2.38. The Morgan fingerprint density at radius 1 is 1.27 bits per heavy atom. The molecule has 8 heteroatoms. The van der Waals surface area contributed by atoms with Gasteiger partial charge in [0.1, 0.15) is 11.1 Å². The van der Waals surface area contributed by atoms with Gasteiger partial charge in [-0.1, -0.05) is 35.5 Å². The van der Waals surface area contributed by atoms with Crippen molar-refractivity contribution in [3.05, 3.63) is 59.4 Å². The highest BCUT2D eigenvalue weighted by atomic mass is 35.5. The summed E-state index contributed by atoms with van der Waals surface area (Å²) in [5, 5.41) is 2.82. The normalized spacial score (nSPS) is 18.9. The number of thioether (sulfide) groups is 1. The minimum atomic E-state index is -0.690. The van der Waals surface area contributed by atoms with Crippen molar-refractivity contribution in [1.29, 1.82) is 0 Å². The maximum atomic E-state index is 13.7. The van der Waals surface area contributed by atoms with Crippen molar-refractivity contribution in [2.75, 3.05) is 12.4 Å². The molecule has 0 aliphatic carbocycles. The van der Waals surface area contributed by atoms with Gasteiger partial charge in [-0.05, 0) is 36.4 Å². The second-order valence-corrected chi connectivity index (χ2v) is 7.21. The second-order valence-electron chi connectivity index (χ2n) is 5.60. The van der Waals surface area contributed by atoms with Gasteiger partial charge in [0.15, 0.2) is 5.17 Å². The van der Waals surface area contributed by atoms with E-state index in [2.05, 4.69) is 10.3 Å². The highest BCUT2D eigenvalue weighted by Crippen LogP contribution is 2.29. The van der Waals surface area contributed by atoms with Gasteiger partial charge in [-0.2, -0.15) is 0 Å². The zero-order valence-corrected chi connectivity index (χ0v) is 15.4. The molecule has 134 valence electrons. The first-order chi connectivity index (χ1) is 12.4. The molecule has 1 N–H and O–H groups in total. The molecule has 1 saturated heterocycles. The van der Waals surface area contributed by atoms with E-state index in [1.54, 1.807) is 37.4 Å². The van der Waals surface area contributed by atoms with Crippen molar-refractivity contribution in [3.8, 4) is 0 Å². The predicted octanol–water partition coefficient (Wildman–Crippen LogP) is 4.07. The summed E-state index contributed by atoms with van der Waals surface area (Å²) in [5.41, 5.74) is 0.701. The number of rotatable bonds is 3. The first-order valence-corrected chi connectivity index (χ1v) is 9.02. The van der Waals surface area contributed by atoms with Crippen LogP contribution < -0.4 is 5.32 Å². The number of hydrogen-bond donors (Lipinski definition) is 1. The van der Waals surface area contributed by atoms with Crippen LogP contribution in [0.5, 0.6) is 0 Å². The van der Waals surface area contributed by atoms with Crippen LogP contribution in [0.2, 0.25) is 5.02 Å². The minimum absolute atomic E-state index is 0.0150. The van der Waals surface area contributed by atoms with Gasteiger partial charge in [-0.15, -0.1) is 0 Å². The fraction of sp³-hybridized carbons (Fsp3) is 0.167. The third-order valence-electron chi connectivity index (χ3n) is 3.74. The number of hydrogen-bond acceptors (Lipinski definition) is 4. The molecule has 2 aromatic carbocycles. The Morgan fingerprint density at radius 3 is 2.65 bits per heavy atom. The molecule has 0 bridgehead atoms. The summed E-state index contributed by atoms with van der Waals surface area (Å²) in [4.78, 5) is 30.5. The van der Waals surface area contributed by atoms with Gasteiger partial charge in [-0.25, -0.2) is 9.38 Å². The van der Waals surface area contributed by atoms with Crippen LogP contribution in [0.1, 0.15) is 6.42 Å². The van der Waals surface area contributed by atoms with Crippen molar-refractivity contribution in [2.45, 2.75) is 11.7 Å². The molecular weight excluding hydrogens is 377 g/mol. The van der Waals surface area contributed by atoms with Crippen molar-refractivity contribution in [3.63, 3.8) is 0 Å². The summed E-state index contributed by atoms with van der Waals surface area (Å²) in [7, 11) is 1.61. The minimum Gasteiger partial charge on any atom is -0.323 e. The number of benzene rings is 2. The van der Waals surface area contributed by atoms with Crippen LogP contribution in [0.4, 0.5) is 15.8 Å². The summed E-state index contributed by atoms with van der Waals surface area (Å²) in [5.74, 6) is -1.20. The molecule has 26 heavy (non-hydrogen) atoms. The van der Waals surface area contributed by atoms with Gasteiger partial charge in [-0.3, -0.25) is 14.5 Å². The molecule has 5 nitrogen and oxygen atoms in total. The summed E-state index contributed by atoms with van der Waals surface area (Å²) in [6.07, 6.45) is 0.0150. The van der Waals surface area contributed by atoms with E-state index < -0.39 is 17.0 Å². The molecule has 1 aliphatic rings. The third kappa shape index (κ3) is 4.23. The number of carbonyl (C=O) groups excluding carboxylic acids is 2. The largest absolute Gasteiger partial charge is 0.323 e. The van der Waals surface area contributed by atoms with Crippen LogP contribution in [0.3, 0.4) is 0 Å². The van der Waals surface area contributed by atoms with E-state index in [0.29, 0.717) is 15.9 Å². The van der Waals surface area contributed by atoms with Crippen molar-refractivity contribution >= 4 is 51.7 Å². The fourth-order valence-electron chi connectivity index (χ4n) is 2.30. The molecule has 3 rings (SSSR count). The van der Waals surface area contributed by atoms with E-state index in [0.717, 1.165) is 11.8 Å². The molecular formula is C18H15ClFN3O2S. The number of amidine groups is 1. The summed E-state index contributed by atoms with van der Waals surface area (Å²) >= 11 is 7.02. The molecule has 1 atom stereocenters. The topological polar surface area (TPSA) is 61.8 Å². The van der Waals surface area contributed by atoms with Crippen LogP contribution >= 0.6 is 23.4 Å². The van der Waals surface area contributed by atoms with Gasteiger partial charge < -0.3 is 5.32 Å². The van der Waals surface area contributed by atoms with E-state index in [-0.39, 0.29) is 18.0 Å². The average Bonchev–Trinajstić information content (AvgIpc) is 2.62. The van der Waals surface area contributed by atoms with Crippen LogP contribution in [0.15, 0.2) is 53.5 Å². The van der Waals surface area contributed by atoms with Crippen LogP contribution in [0.25, 0.3) is 0 Å². The van der Waals surface area contributed by atoms with Gasteiger partial charge in [0.05, 0.1) is 11.4 Å². The summed E-state index contributed by atoms with van der Waals surface area (Å²) < 4.78 is 13.7. The lowest BCUT2D eigenvalue weighted by Gasteiger charge is -2.28. The maximum absolute atomic E-state index is 13.7. The number of amides is 2. The highest BCUT2D eigenvalue weighted by molar-refractivity contribution is 8.15. The molecule has 1 heterocycles. The molecule has 0 spiro atoms. The number of nitrogens with one attached hydrogen (secondary N) is 1. The monoisotopic (exact) mass is 391 g/mol. The van der Waals surface area contributed by atoms with Crippen LogP contribution in [0, 0.1) is 5.82 Å². The van der Waals surface area contributed by atoms with Crippen LogP contribution in [-0.2, 0) is 9.59 Å². The van der Waals surface area contributed by atoms with E-state index in [1.807, 2.05) is 0 Å². The first kappa shape index (κ1) is 18.4. The van der Waals surface area contributed by atoms with Gasteiger partial charge in [0.2, 0.25) is 11.8 Å². The Kier molecular flexibility index (Phi) is 5.58. The molecule has 0 aromatic heterocycles. The van der Waals surface area contributed by atoms with Crippen molar-refractivity contribution in [1.82, 2.24) is 4.90 Å². The SMILES string of the molecule is CN1C(=O)C[C@H](C(=O)Nc2ccccc2F)SC1=Nc1ccc(Cl)cc1. The molecule has 1 aliphatic heterocycles. The number of nitrogens with zero attached hydrogens (tertiary/aromatic N) is 2. The van der Waals surface area contributed by atoms with Crippen molar-refractivity contribution < 1.29 is 14.0 Å². The van der Waals surface area contributed by atoms with E-state index in [9.17, 15) is 14.0 Å². The average molecular weight is 392 g/mol. The lowest BCUT2D eigenvalue weighted by molar-refractivity contribution is -0.128. The molecule has 2 aromatic rings. The maximum Gasteiger partial charge on any atom is 0.238 e. The van der Waals surface area contributed by atoms with Gasteiger partial charge in [0.25, 0.3) is 0 Å². The highest BCUT2D eigenvalue weighted by Gasteiger charge is 2.34. The summed E-state index contributed by atoms with van der Waals surface area (Å²) in [6.45, 7) is 0. The van der Waals surface area contributed by atoms with Gasteiger partial charge in [0, 0.05) is 18.5 Å². The molecule has 0 saturated carbocycles. The van der Waals surface area contributed by atoms with Crippen LogP contribution in [-0.4, -0.2) is 34.2 Å². The lowest BCUT2D eigenvalue weighted by atomic mass is 10.2. The third-order valence-corrected chi connectivity index (χ3v) is 5.24. The number of aliphatic imine (C=N–C) groups is 1. The van der Waals surface area contributed by atoms with E-state index in [4.69, 9.17) is 11.6 Å². The molecule has 0 radical (unpaired) electrons. The quantitative estimate of drug-likeness (QED) is 0.857. The van der Waals surface area contributed by atoms with E-state index in [1.165, 1.54) is 23.1 Å². The number of anilines is 1. The van der Waals surface area contributed by atoms with Crippen molar-refractivity contribution in [2.24, 2.45) is 4.99 Å². The smallest absolute Gasteiger partial charge is 0.238 e. The number of halogens is 2. The molecule has 2 amide bonds. The standard InChI is InChI=1S/C18H15ClFN3O2S/c1-23-16(24)10-15(17(25)22-14-5-3-2-4-13(14)20)26-18(23)21-12-8-6-11(19)7-9-12/h2-9,15H,10H2,1H3,(H,22,25)/t15-/m1/s1. The van der Waals surface area contributed by atoms with Gasteiger partial charge >= 0.3 is 0 Å². The Bertz CT molecular complexity index is 873. The molecule has 0 unspecified atom stereocenters. The number of para-hydroxylation sites is 1. The zero-order chi connectivity index (χ0) is 18.7. The molecule has 1 fully saturated rings. The Morgan fingerprint density at radius 2 is 1.96 bits per heavy atom. The zero-order valence-electron chi connectivity index (χ0n) is 13.8. The number of carbonyl (C=O) groups is 2. The van der Waals surface area contributed by atoms with E-state index >= 15 is 0 Å². The lowest BCUT2D eigenvalue weighted by Crippen LogP contribution is -2.43.